The zero-order chi connectivity index (χ0) is 21.3. The van der Waals surface area contributed by atoms with Crippen molar-refractivity contribution >= 4 is 23.3 Å². The van der Waals surface area contributed by atoms with Crippen LogP contribution in [0, 0.1) is 6.92 Å². The Bertz CT molecular complexity index is 982. The van der Waals surface area contributed by atoms with E-state index >= 15 is 0 Å². The van der Waals surface area contributed by atoms with E-state index in [9.17, 15) is 9.59 Å². The van der Waals surface area contributed by atoms with E-state index in [0.29, 0.717) is 60.2 Å². The lowest BCUT2D eigenvalue weighted by Crippen LogP contribution is -2.53. The van der Waals surface area contributed by atoms with Crippen LogP contribution in [0.15, 0.2) is 36.4 Å². The molecule has 2 aromatic carbocycles. The zero-order valence-corrected chi connectivity index (χ0v) is 17.8. The van der Waals surface area contributed by atoms with E-state index in [4.69, 9.17) is 25.8 Å². The molecule has 30 heavy (non-hydrogen) atoms. The molecule has 2 aliphatic heterocycles. The van der Waals surface area contributed by atoms with Gasteiger partial charge in [-0.25, -0.2) is 0 Å². The maximum atomic E-state index is 12.7. The van der Waals surface area contributed by atoms with Gasteiger partial charge in [0.2, 0.25) is 0 Å². The van der Waals surface area contributed by atoms with E-state index in [-0.39, 0.29) is 18.3 Å². The van der Waals surface area contributed by atoms with Crippen molar-refractivity contribution in [1.29, 1.82) is 0 Å². The molecule has 0 unspecified atom stereocenters. The van der Waals surface area contributed by atoms with Gasteiger partial charge in [-0.3, -0.25) is 9.59 Å². The second-order valence-electron chi connectivity index (χ2n) is 7.83. The van der Waals surface area contributed by atoms with Crippen LogP contribution in [0.1, 0.15) is 35.2 Å². The molecule has 158 valence electrons. The van der Waals surface area contributed by atoms with Crippen molar-refractivity contribution in [3.63, 3.8) is 0 Å². The van der Waals surface area contributed by atoms with E-state index in [1.807, 2.05) is 13.0 Å². The van der Waals surface area contributed by atoms with E-state index in [0.717, 1.165) is 5.56 Å². The predicted molar refractivity (Wildman–Crippen MR) is 113 cm³/mol. The molecule has 7 heteroatoms. The third-order valence-electron chi connectivity index (χ3n) is 5.82. The summed E-state index contributed by atoms with van der Waals surface area (Å²) >= 11 is 6.02. The van der Waals surface area contributed by atoms with Crippen LogP contribution >= 0.6 is 11.6 Å². The number of rotatable bonds is 4. The fraction of sp³-hybridized carbons (Fsp3) is 0.391. The predicted octanol–water partition coefficient (Wildman–Crippen LogP) is 4.06. The molecule has 2 aromatic rings. The molecule has 1 amide bonds. The Morgan fingerprint density at radius 2 is 1.90 bits per heavy atom. The maximum Gasteiger partial charge on any atom is 0.260 e. The number of halogens is 1. The maximum absolute atomic E-state index is 12.7. The lowest BCUT2D eigenvalue weighted by atomic mass is 9.82. The summed E-state index contributed by atoms with van der Waals surface area (Å²) in [6, 6.07) is 10.6. The molecule has 0 N–H and O–H groups in total. The van der Waals surface area contributed by atoms with Crippen LogP contribution in [0.4, 0.5) is 0 Å². The quantitative estimate of drug-likeness (QED) is 0.733. The highest BCUT2D eigenvalue weighted by Gasteiger charge is 2.43. The Kier molecular flexibility index (Phi) is 5.60. The molecular weight excluding hydrogens is 406 g/mol. The first-order chi connectivity index (χ1) is 14.4. The molecule has 1 saturated heterocycles. The lowest BCUT2D eigenvalue weighted by Gasteiger charge is -2.43. The SMILES string of the molecule is COc1ccc2c(c1)OC1(CCN(C(=O)COc3ccc(Cl)c(C)c3)CC1)CC2=O. The Labute approximate surface area is 180 Å². The van der Waals surface area contributed by atoms with Gasteiger partial charge in [0.25, 0.3) is 5.91 Å². The summed E-state index contributed by atoms with van der Waals surface area (Å²) in [7, 11) is 1.58. The number of benzene rings is 2. The molecule has 0 saturated carbocycles. The first-order valence-corrected chi connectivity index (χ1v) is 10.3. The van der Waals surface area contributed by atoms with E-state index < -0.39 is 5.60 Å². The van der Waals surface area contributed by atoms with Crippen molar-refractivity contribution < 1.29 is 23.8 Å². The van der Waals surface area contributed by atoms with Gasteiger partial charge in [-0.05, 0) is 42.8 Å². The van der Waals surface area contributed by atoms with Crippen LogP contribution < -0.4 is 14.2 Å². The average Bonchev–Trinajstić information content (AvgIpc) is 2.74. The van der Waals surface area contributed by atoms with Gasteiger partial charge in [0.05, 0.1) is 19.1 Å². The van der Waals surface area contributed by atoms with Crippen LogP contribution in [-0.2, 0) is 4.79 Å². The first-order valence-electron chi connectivity index (χ1n) is 9.96. The number of piperidine rings is 1. The van der Waals surface area contributed by atoms with Gasteiger partial charge >= 0.3 is 0 Å². The minimum atomic E-state index is -0.568. The van der Waals surface area contributed by atoms with Crippen LogP contribution in [0.5, 0.6) is 17.2 Å². The summed E-state index contributed by atoms with van der Waals surface area (Å²) in [4.78, 5) is 27.0. The van der Waals surface area contributed by atoms with E-state index in [2.05, 4.69) is 0 Å². The Balaban J connectivity index is 1.36. The van der Waals surface area contributed by atoms with Crippen LogP contribution in [0.3, 0.4) is 0 Å². The van der Waals surface area contributed by atoms with Gasteiger partial charge in [0, 0.05) is 37.0 Å². The highest BCUT2D eigenvalue weighted by molar-refractivity contribution is 6.31. The largest absolute Gasteiger partial charge is 0.497 e. The Morgan fingerprint density at radius 3 is 2.60 bits per heavy atom. The molecule has 0 radical (unpaired) electrons. The van der Waals surface area contributed by atoms with Gasteiger partial charge in [-0.15, -0.1) is 0 Å². The number of amides is 1. The summed E-state index contributed by atoms with van der Waals surface area (Å²) < 4.78 is 17.2. The molecule has 1 spiro atoms. The average molecular weight is 430 g/mol. The molecule has 0 aliphatic carbocycles. The van der Waals surface area contributed by atoms with Gasteiger partial charge in [-0.2, -0.15) is 0 Å². The third kappa shape index (κ3) is 4.10. The monoisotopic (exact) mass is 429 g/mol. The van der Waals surface area contributed by atoms with Crippen molar-refractivity contribution in [2.75, 3.05) is 26.8 Å². The summed E-state index contributed by atoms with van der Waals surface area (Å²) in [6.07, 6.45) is 1.53. The van der Waals surface area contributed by atoms with Crippen molar-refractivity contribution in [3.8, 4) is 17.2 Å². The third-order valence-corrected chi connectivity index (χ3v) is 6.24. The summed E-state index contributed by atoms with van der Waals surface area (Å²) in [5.41, 5.74) is 0.922. The van der Waals surface area contributed by atoms with Crippen molar-refractivity contribution in [3.05, 3.63) is 52.5 Å². The number of nitrogens with zero attached hydrogens (tertiary/aromatic N) is 1. The van der Waals surface area contributed by atoms with Crippen LogP contribution in [-0.4, -0.2) is 49.0 Å². The molecule has 0 atom stereocenters. The number of ether oxygens (including phenoxy) is 3. The summed E-state index contributed by atoms with van der Waals surface area (Å²) in [5.74, 6) is 1.82. The number of aryl methyl sites for hydroxylation is 1. The number of hydrogen-bond donors (Lipinski definition) is 0. The number of fused-ring (bicyclic) bond motifs is 1. The fourth-order valence-corrected chi connectivity index (χ4v) is 4.10. The number of likely N-dealkylation sites (tertiary alicyclic amines) is 1. The van der Waals surface area contributed by atoms with Crippen molar-refractivity contribution in [2.24, 2.45) is 0 Å². The number of Topliss-reactive ketones (excluding diaryl/α,β-unsaturated/α-hetero) is 1. The minimum Gasteiger partial charge on any atom is -0.497 e. The lowest BCUT2D eigenvalue weighted by molar-refractivity contribution is -0.136. The number of carbonyl (C=O) groups is 2. The molecule has 6 nitrogen and oxygen atoms in total. The summed E-state index contributed by atoms with van der Waals surface area (Å²) in [5, 5.41) is 0.663. The van der Waals surface area contributed by atoms with Crippen LogP contribution in [0.25, 0.3) is 0 Å². The number of ketones is 1. The molecular formula is C23H24ClNO5. The summed E-state index contributed by atoms with van der Waals surface area (Å²) in [6.45, 7) is 2.90. The second-order valence-corrected chi connectivity index (χ2v) is 8.23. The number of hydrogen-bond acceptors (Lipinski definition) is 5. The van der Waals surface area contributed by atoms with Gasteiger partial charge in [-0.1, -0.05) is 11.6 Å². The second kappa shape index (κ2) is 8.19. The molecule has 0 aromatic heterocycles. The normalized spacial score (nSPS) is 17.3. The van der Waals surface area contributed by atoms with Gasteiger partial charge in [0.15, 0.2) is 12.4 Å². The molecule has 4 rings (SSSR count). The first kappa shape index (κ1) is 20.5. The molecule has 1 fully saturated rings. The molecule has 2 heterocycles. The number of carbonyl (C=O) groups excluding carboxylic acids is 2. The Morgan fingerprint density at radius 1 is 1.17 bits per heavy atom. The van der Waals surface area contributed by atoms with E-state index in [1.54, 1.807) is 42.3 Å². The van der Waals surface area contributed by atoms with Gasteiger partial charge < -0.3 is 19.1 Å². The van der Waals surface area contributed by atoms with Crippen molar-refractivity contribution in [1.82, 2.24) is 4.90 Å². The highest BCUT2D eigenvalue weighted by atomic mass is 35.5. The highest BCUT2D eigenvalue weighted by Crippen LogP contribution is 2.40. The molecule has 2 aliphatic rings. The zero-order valence-electron chi connectivity index (χ0n) is 17.1. The van der Waals surface area contributed by atoms with Crippen LogP contribution in [0.2, 0.25) is 5.02 Å². The molecule has 0 bridgehead atoms. The fourth-order valence-electron chi connectivity index (χ4n) is 3.99. The Hall–Kier alpha value is -2.73. The van der Waals surface area contributed by atoms with E-state index in [1.165, 1.54) is 0 Å². The number of methoxy groups -OCH3 is 1. The smallest absolute Gasteiger partial charge is 0.260 e. The minimum absolute atomic E-state index is 0.0338. The topological polar surface area (TPSA) is 65.1 Å². The van der Waals surface area contributed by atoms with Crippen molar-refractivity contribution in [2.45, 2.75) is 31.8 Å². The van der Waals surface area contributed by atoms with Gasteiger partial charge in [0.1, 0.15) is 22.8 Å². The standard InChI is InChI=1S/C23H24ClNO5/c1-15-11-17(4-6-19(15)24)29-14-22(27)25-9-7-23(8-10-25)13-20(26)18-5-3-16(28-2)12-21(18)30-23/h3-6,11-12H,7-10,13-14H2,1-2H3.